The Bertz CT molecular complexity index is 648. The molecule has 1 aliphatic heterocycles. The third-order valence-corrected chi connectivity index (χ3v) is 3.31. The molecule has 108 valence electrons. The van der Waals surface area contributed by atoms with Crippen LogP contribution in [0.1, 0.15) is 12.1 Å². The molecule has 0 saturated carbocycles. The third kappa shape index (κ3) is 1.82. The molecule has 8 nitrogen and oxygen atoms in total. The number of aliphatic hydroxyl groups excluding tert-OH is 2. The van der Waals surface area contributed by atoms with Crippen molar-refractivity contribution in [1.29, 1.82) is 0 Å². The normalized spacial score (nSPS) is 30.2. The standard InChI is InChI=1S/C11H14FN5O3/c1-4-15-9(13)7-10(16-4)17(3-14-7)11-6(12)8(19)5(2-18)20-11/h3,5-6,8,11,18-19H,2H2,1H3,(H2,13,15,16)/t5-,6+,8-,11-/m0/s1. The second-order valence-electron chi connectivity index (χ2n) is 4.66. The van der Waals surface area contributed by atoms with E-state index in [4.69, 9.17) is 15.6 Å². The van der Waals surface area contributed by atoms with Crippen molar-refractivity contribution in [2.45, 2.75) is 31.5 Å². The Morgan fingerprint density at radius 1 is 1.50 bits per heavy atom. The van der Waals surface area contributed by atoms with E-state index in [1.54, 1.807) is 6.92 Å². The summed E-state index contributed by atoms with van der Waals surface area (Å²) in [6, 6.07) is 0. The zero-order chi connectivity index (χ0) is 14.4. The summed E-state index contributed by atoms with van der Waals surface area (Å²) in [4.78, 5) is 12.2. The molecule has 0 aliphatic carbocycles. The van der Waals surface area contributed by atoms with Gasteiger partial charge in [-0.1, -0.05) is 0 Å². The monoisotopic (exact) mass is 283 g/mol. The summed E-state index contributed by atoms with van der Waals surface area (Å²) in [7, 11) is 0. The number of alkyl halides is 1. The fourth-order valence-electron chi connectivity index (χ4n) is 2.32. The highest BCUT2D eigenvalue weighted by Crippen LogP contribution is 2.33. The van der Waals surface area contributed by atoms with Crippen LogP contribution in [0.25, 0.3) is 11.2 Å². The van der Waals surface area contributed by atoms with Gasteiger partial charge in [0.05, 0.1) is 12.9 Å². The Morgan fingerprint density at radius 3 is 2.90 bits per heavy atom. The predicted octanol–water partition coefficient (Wildman–Crippen LogP) is -0.694. The molecular formula is C11H14FN5O3. The van der Waals surface area contributed by atoms with Crippen molar-refractivity contribution in [2.24, 2.45) is 0 Å². The maximum Gasteiger partial charge on any atom is 0.173 e. The van der Waals surface area contributed by atoms with E-state index in [-0.39, 0.29) is 5.82 Å². The van der Waals surface area contributed by atoms with Gasteiger partial charge in [-0.05, 0) is 6.92 Å². The minimum Gasteiger partial charge on any atom is -0.394 e. The van der Waals surface area contributed by atoms with Gasteiger partial charge in [0, 0.05) is 0 Å². The Labute approximate surface area is 113 Å². The predicted molar refractivity (Wildman–Crippen MR) is 66.4 cm³/mol. The lowest BCUT2D eigenvalue weighted by Crippen LogP contribution is -2.30. The van der Waals surface area contributed by atoms with Gasteiger partial charge in [-0.15, -0.1) is 0 Å². The number of imidazole rings is 1. The zero-order valence-electron chi connectivity index (χ0n) is 10.6. The number of hydrogen-bond donors (Lipinski definition) is 3. The Hall–Kier alpha value is -1.84. The molecule has 0 spiro atoms. The van der Waals surface area contributed by atoms with E-state index in [2.05, 4.69) is 15.0 Å². The molecule has 0 bridgehead atoms. The van der Waals surface area contributed by atoms with E-state index < -0.39 is 31.2 Å². The molecule has 2 aromatic rings. The lowest BCUT2D eigenvalue weighted by molar-refractivity contribution is -0.0459. The van der Waals surface area contributed by atoms with Gasteiger partial charge >= 0.3 is 0 Å². The summed E-state index contributed by atoms with van der Waals surface area (Å²) >= 11 is 0. The average molecular weight is 283 g/mol. The van der Waals surface area contributed by atoms with Crippen molar-refractivity contribution in [1.82, 2.24) is 19.5 Å². The summed E-state index contributed by atoms with van der Waals surface area (Å²) < 4.78 is 20.8. The maximum absolute atomic E-state index is 14.1. The summed E-state index contributed by atoms with van der Waals surface area (Å²) in [5, 5.41) is 18.7. The number of hydrogen-bond acceptors (Lipinski definition) is 7. The molecule has 0 aromatic carbocycles. The first-order valence-electron chi connectivity index (χ1n) is 6.08. The van der Waals surface area contributed by atoms with Crippen LogP contribution in [0.15, 0.2) is 6.33 Å². The van der Waals surface area contributed by atoms with E-state index >= 15 is 0 Å². The molecule has 3 heterocycles. The molecule has 1 fully saturated rings. The number of nitrogens with zero attached hydrogens (tertiary/aromatic N) is 4. The molecule has 20 heavy (non-hydrogen) atoms. The number of fused-ring (bicyclic) bond motifs is 1. The van der Waals surface area contributed by atoms with Crippen molar-refractivity contribution in [3.05, 3.63) is 12.2 Å². The Kier molecular flexibility index (Phi) is 3.04. The molecule has 0 unspecified atom stereocenters. The van der Waals surface area contributed by atoms with Crippen LogP contribution in [0.2, 0.25) is 0 Å². The smallest absolute Gasteiger partial charge is 0.173 e. The van der Waals surface area contributed by atoms with Crippen molar-refractivity contribution in [3.8, 4) is 0 Å². The van der Waals surface area contributed by atoms with E-state index in [1.807, 2.05) is 0 Å². The first kappa shape index (κ1) is 13.2. The second kappa shape index (κ2) is 4.62. The quantitative estimate of drug-likeness (QED) is 0.667. The SMILES string of the molecule is Cc1nc(N)c2ncn([C@H]3O[C@@H](CO)[C@H](O)[C@H]3F)c2n1. The van der Waals surface area contributed by atoms with Gasteiger partial charge in [0.15, 0.2) is 23.9 Å². The van der Waals surface area contributed by atoms with Gasteiger partial charge in [-0.3, -0.25) is 4.57 Å². The van der Waals surface area contributed by atoms with Crippen LogP contribution in [-0.2, 0) is 4.74 Å². The van der Waals surface area contributed by atoms with Crippen LogP contribution < -0.4 is 5.73 Å². The zero-order valence-corrected chi connectivity index (χ0v) is 10.6. The van der Waals surface area contributed by atoms with E-state index in [0.29, 0.717) is 17.0 Å². The van der Waals surface area contributed by atoms with Gasteiger partial charge in [0.2, 0.25) is 0 Å². The number of aromatic nitrogens is 4. The molecule has 3 rings (SSSR count). The van der Waals surface area contributed by atoms with Crippen molar-refractivity contribution >= 4 is 17.0 Å². The van der Waals surface area contributed by atoms with Gasteiger partial charge in [0.25, 0.3) is 0 Å². The molecule has 2 aromatic heterocycles. The molecule has 1 saturated heterocycles. The average Bonchev–Trinajstić information content (AvgIpc) is 2.93. The minimum atomic E-state index is -1.69. The fraction of sp³-hybridized carbons (Fsp3) is 0.545. The van der Waals surface area contributed by atoms with Crippen molar-refractivity contribution in [2.75, 3.05) is 12.3 Å². The van der Waals surface area contributed by atoms with Gasteiger partial charge in [-0.25, -0.2) is 19.3 Å². The van der Waals surface area contributed by atoms with Crippen LogP contribution in [0.3, 0.4) is 0 Å². The topological polar surface area (TPSA) is 119 Å². The molecule has 4 N–H and O–H groups in total. The number of anilines is 1. The lowest BCUT2D eigenvalue weighted by atomic mass is 10.1. The maximum atomic E-state index is 14.1. The van der Waals surface area contributed by atoms with Gasteiger partial charge in [-0.2, -0.15) is 0 Å². The van der Waals surface area contributed by atoms with Crippen LogP contribution in [-0.4, -0.2) is 54.7 Å². The fourth-order valence-corrected chi connectivity index (χ4v) is 2.32. The number of aryl methyl sites for hydroxylation is 1. The molecule has 0 amide bonds. The summed E-state index contributed by atoms with van der Waals surface area (Å²) in [6.45, 7) is 1.18. The molecular weight excluding hydrogens is 269 g/mol. The summed E-state index contributed by atoms with van der Waals surface area (Å²) in [5.74, 6) is 0.614. The van der Waals surface area contributed by atoms with Crippen LogP contribution >= 0.6 is 0 Å². The Balaban J connectivity index is 2.07. The first-order valence-corrected chi connectivity index (χ1v) is 6.08. The van der Waals surface area contributed by atoms with Crippen LogP contribution in [0, 0.1) is 6.92 Å². The largest absolute Gasteiger partial charge is 0.394 e. The molecule has 0 radical (unpaired) electrons. The van der Waals surface area contributed by atoms with Crippen LogP contribution in [0.5, 0.6) is 0 Å². The number of halogens is 1. The first-order chi connectivity index (χ1) is 9.52. The van der Waals surface area contributed by atoms with E-state index in [0.717, 1.165) is 0 Å². The Morgan fingerprint density at radius 2 is 2.25 bits per heavy atom. The highest BCUT2D eigenvalue weighted by atomic mass is 19.1. The summed E-state index contributed by atoms with van der Waals surface area (Å²) in [5.41, 5.74) is 6.40. The molecule has 9 heteroatoms. The summed E-state index contributed by atoms with van der Waals surface area (Å²) in [6.07, 6.45) is -3.85. The number of nitrogens with two attached hydrogens (primary N) is 1. The third-order valence-electron chi connectivity index (χ3n) is 3.31. The lowest BCUT2D eigenvalue weighted by Gasteiger charge is -2.15. The van der Waals surface area contributed by atoms with Crippen molar-refractivity contribution < 1.29 is 19.3 Å². The molecule has 4 atom stereocenters. The number of rotatable bonds is 2. The van der Waals surface area contributed by atoms with E-state index in [1.165, 1.54) is 10.9 Å². The number of nitrogen functional groups attached to an aromatic ring is 1. The van der Waals surface area contributed by atoms with Crippen molar-refractivity contribution in [3.63, 3.8) is 0 Å². The number of ether oxygens (including phenoxy) is 1. The van der Waals surface area contributed by atoms with Crippen LogP contribution in [0.4, 0.5) is 10.2 Å². The van der Waals surface area contributed by atoms with Gasteiger partial charge < -0.3 is 20.7 Å². The van der Waals surface area contributed by atoms with Gasteiger partial charge in [0.1, 0.15) is 23.5 Å². The second-order valence-corrected chi connectivity index (χ2v) is 4.66. The minimum absolute atomic E-state index is 0.193. The highest BCUT2D eigenvalue weighted by Gasteiger charge is 2.45. The van der Waals surface area contributed by atoms with E-state index in [9.17, 15) is 9.50 Å². The highest BCUT2D eigenvalue weighted by molar-refractivity contribution is 5.81. The number of aliphatic hydroxyl groups is 2. The molecule has 1 aliphatic rings.